The average Bonchev–Trinajstić information content (AvgIpc) is 2.96. The van der Waals surface area contributed by atoms with Gasteiger partial charge < -0.3 is 14.8 Å². The van der Waals surface area contributed by atoms with E-state index in [1.807, 2.05) is 36.1 Å². The highest BCUT2D eigenvalue weighted by molar-refractivity contribution is 5.74. The van der Waals surface area contributed by atoms with Crippen molar-refractivity contribution in [2.75, 3.05) is 6.61 Å². The Morgan fingerprint density at radius 2 is 2.23 bits per heavy atom. The van der Waals surface area contributed by atoms with Crippen molar-refractivity contribution < 1.29 is 14.6 Å². The smallest absolute Gasteiger partial charge is 0.321 e. The summed E-state index contributed by atoms with van der Waals surface area (Å²) in [4.78, 5) is 20.8. The lowest BCUT2D eigenvalue weighted by Gasteiger charge is -2.32. The van der Waals surface area contributed by atoms with E-state index in [9.17, 15) is 9.90 Å². The molecule has 116 valence electrons. The van der Waals surface area contributed by atoms with Crippen LogP contribution in [0.5, 0.6) is 5.75 Å². The van der Waals surface area contributed by atoms with Crippen molar-refractivity contribution in [1.29, 1.82) is 0 Å². The first-order chi connectivity index (χ1) is 10.7. The van der Waals surface area contributed by atoms with Crippen LogP contribution in [0.4, 0.5) is 0 Å². The standard InChI is InChI=1S/C16H19N3O3/c1-2-22-12-5-3-11(4-6-12)8-19-9-14-13(17-10-18-14)7-15(19)16(20)21/h3-6,10,15H,2,7-9H2,1H3,(H,17,18)(H,20,21)/t15-/m1/s1. The Labute approximate surface area is 128 Å². The van der Waals surface area contributed by atoms with Gasteiger partial charge in [0, 0.05) is 19.5 Å². The molecule has 22 heavy (non-hydrogen) atoms. The van der Waals surface area contributed by atoms with E-state index in [2.05, 4.69) is 9.97 Å². The second kappa shape index (κ2) is 6.19. The fourth-order valence-corrected chi connectivity index (χ4v) is 2.79. The second-order valence-electron chi connectivity index (χ2n) is 5.37. The molecule has 2 heterocycles. The number of aromatic nitrogens is 2. The molecule has 0 amide bonds. The summed E-state index contributed by atoms with van der Waals surface area (Å²) >= 11 is 0. The highest BCUT2D eigenvalue weighted by atomic mass is 16.5. The lowest BCUT2D eigenvalue weighted by Crippen LogP contribution is -2.45. The van der Waals surface area contributed by atoms with Gasteiger partial charge in [-0.25, -0.2) is 4.98 Å². The fraction of sp³-hybridized carbons (Fsp3) is 0.375. The topological polar surface area (TPSA) is 78.5 Å². The molecule has 6 nitrogen and oxygen atoms in total. The van der Waals surface area contributed by atoms with Crippen molar-refractivity contribution in [3.63, 3.8) is 0 Å². The van der Waals surface area contributed by atoms with Crippen molar-refractivity contribution in [3.05, 3.63) is 47.5 Å². The molecule has 0 bridgehead atoms. The van der Waals surface area contributed by atoms with E-state index in [-0.39, 0.29) is 0 Å². The maximum atomic E-state index is 11.5. The Balaban J connectivity index is 1.76. The molecule has 2 aromatic rings. The summed E-state index contributed by atoms with van der Waals surface area (Å²) in [5.41, 5.74) is 2.93. The number of ether oxygens (including phenoxy) is 1. The minimum atomic E-state index is -0.806. The number of aliphatic carboxylic acids is 1. The average molecular weight is 301 g/mol. The number of nitrogens with zero attached hydrogens (tertiary/aromatic N) is 2. The molecule has 3 rings (SSSR count). The predicted molar refractivity (Wildman–Crippen MR) is 80.6 cm³/mol. The van der Waals surface area contributed by atoms with Gasteiger partial charge in [0.15, 0.2) is 0 Å². The van der Waals surface area contributed by atoms with Crippen LogP contribution in [0, 0.1) is 0 Å². The summed E-state index contributed by atoms with van der Waals surface area (Å²) in [6, 6.07) is 7.25. The molecule has 2 N–H and O–H groups in total. The first-order valence-corrected chi connectivity index (χ1v) is 7.37. The highest BCUT2D eigenvalue weighted by Crippen LogP contribution is 2.23. The van der Waals surface area contributed by atoms with Gasteiger partial charge in [-0.15, -0.1) is 0 Å². The molecule has 1 aliphatic heterocycles. The maximum Gasteiger partial charge on any atom is 0.321 e. The number of hydrogen-bond donors (Lipinski definition) is 2. The number of rotatable bonds is 5. The molecule has 0 spiro atoms. The third kappa shape index (κ3) is 2.96. The van der Waals surface area contributed by atoms with Gasteiger partial charge in [0.25, 0.3) is 0 Å². The largest absolute Gasteiger partial charge is 0.494 e. The number of H-pyrrole nitrogens is 1. The fourth-order valence-electron chi connectivity index (χ4n) is 2.79. The van der Waals surface area contributed by atoms with Crippen LogP contribution < -0.4 is 4.74 Å². The number of carboxylic acid groups (broad SMARTS) is 1. The summed E-state index contributed by atoms with van der Waals surface area (Å²) in [5, 5.41) is 9.46. The van der Waals surface area contributed by atoms with Gasteiger partial charge in [0.1, 0.15) is 11.8 Å². The molecule has 1 aromatic carbocycles. The number of imidazole rings is 1. The van der Waals surface area contributed by atoms with Crippen LogP contribution in [0.1, 0.15) is 23.9 Å². The van der Waals surface area contributed by atoms with E-state index in [0.717, 1.165) is 22.7 Å². The minimum absolute atomic E-state index is 0.436. The monoisotopic (exact) mass is 301 g/mol. The van der Waals surface area contributed by atoms with Crippen LogP contribution in [0.15, 0.2) is 30.6 Å². The van der Waals surface area contributed by atoms with Crippen molar-refractivity contribution in [3.8, 4) is 5.75 Å². The molecule has 6 heteroatoms. The van der Waals surface area contributed by atoms with Gasteiger partial charge in [-0.2, -0.15) is 0 Å². The lowest BCUT2D eigenvalue weighted by molar-refractivity contribution is -0.144. The number of hydrogen-bond acceptors (Lipinski definition) is 4. The number of aromatic amines is 1. The Kier molecular flexibility index (Phi) is 4.11. The quantitative estimate of drug-likeness (QED) is 0.880. The zero-order valence-corrected chi connectivity index (χ0v) is 12.5. The van der Waals surface area contributed by atoms with E-state index in [1.54, 1.807) is 6.33 Å². The van der Waals surface area contributed by atoms with Gasteiger partial charge in [-0.1, -0.05) is 12.1 Å². The minimum Gasteiger partial charge on any atom is -0.494 e. The molecule has 1 aromatic heterocycles. The highest BCUT2D eigenvalue weighted by Gasteiger charge is 2.32. The number of carboxylic acids is 1. The Bertz CT molecular complexity index is 651. The number of nitrogens with one attached hydrogen (secondary N) is 1. The molecule has 0 radical (unpaired) electrons. The molecule has 0 saturated carbocycles. The zero-order chi connectivity index (χ0) is 15.5. The number of benzene rings is 1. The molecular formula is C16H19N3O3. The zero-order valence-electron chi connectivity index (χ0n) is 12.5. The maximum absolute atomic E-state index is 11.5. The summed E-state index contributed by atoms with van der Waals surface area (Å²) in [6.07, 6.45) is 2.06. The molecule has 0 fully saturated rings. The molecule has 0 aliphatic carbocycles. The van der Waals surface area contributed by atoms with Gasteiger partial charge in [-0.05, 0) is 24.6 Å². The Morgan fingerprint density at radius 1 is 1.45 bits per heavy atom. The van der Waals surface area contributed by atoms with Crippen molar-refractivity contribution in [2.24, 2.45) is 0 Å². The summed E-state index contributed by atoms with van der Waals surface area (Å²) in [6.45, 7) is 3.73. The van der Waals surface area contributed by atoms with Crippen LogP contribution in [-0.4, -0.2) is 38.6 Å². The van der Waals surface area contributed by atoms with Gasteiger partial charge in [0.05, 0.1) is 24.3 Å². The second-order valence-corrected chi connectivity index (χ2v) is 5.37. The van der Waals surface area contributed by atoms with E-state index >= 15 is 0 Å². The Hall–Kier alpha value is -2.34. The van der Waals surface area contributed by atoms with Crippen molar-refractivity contribution in [1.82, 2.24) is 14.9 Å². The third-order valence-corrected chi connectivity index (χ3v) is 3.90. The normalized spacial score (nSPS) is 18.0. The molecule has 0 saturated heterocycles. The molecular weight excluding hydrogens is 282 g/mol. The van der Waals surface area contributed by atoms with Gasteiger partial charge in [-0.3, -0.25) is 9.69 Å². The van der Waals surface area contributed by atoms with E-state index in [0.29, 0.717) is 26.1 Å². The number of carbonyl (C=O) groups is 1. The van der Waals surface area contributed by atoms with Crippen LogP contribution in [0.2, 0.25) is 0 Å². The summed E-state index contributed by atoms with van der Waals surface area (Å²) < 4.78 is 5.43. The lowest BCUT2D eigenvalue weighted by atomic mass is 10.0. The molecule has 0 unspecified atom stereocenters. The van der Waals surface area contributed by atoms with E-state index < -0.39 is 12.0 Å². The van der Waals surface area contributed by atoms with Crippen molar-refractivity contribution in [2.45, 2.75) is 32.5 Å². The van der Waals surface area contributed by atoms with Crippen LogP contribution in [0.25, 0.3) is 0 Å². The summed E-state index contributed by atoms with van der Waals surface area (Å²) in [7, 11) is 0. The first kappa shape index (κ1) is 14.6. The summed E-state index contributed by atoms with van der Waals surface area (Å²) in [5.74, 6) is 0.0233. The Morgan fingerprint density at radius 3 is 2.91 bits per heavy atom. The molecule has 1 atom stereocenters. The van der Waals surface area contributed by atoms with Crippen LogP contribution in [0.3, 0.4) is 0 Å². The predicted octanol–water partition coefficient (Wildman–Crippen LogP) is 1.82. The van der Waals surface area contributed by atoms with Crippen LogP contribution in [-0.2, 0) is 24.3 Å². The van der Waals surface area contributed by atoms with E-state index in [4.69, 9.17) is 4.74 Å². The van der Waals surface area contributed by atoms with Gasteiger partial charge >= 0.3 is 5.97 Å². The first-order valence-electron chi connectivity index (χ1n) is 7.37. The SMILES string of the molecule is CCOc1ccc(CN2Cc3[nH]cnc3C[C@@H]2C(=O)O)cc1. The van der Waals surface area contributed by atoms with E-state index in [1.165, 1.54) is 0 Å². The molecule has 1 aliphatic rings. The third-order valence-electron chi connectivity index (χ3n) is 3.90. The van der Waals surface area contributed by atoms with Crippen LogP contribution >= 0.6 is 0 Å². The van der Waals surface area contributed by atoms with Crippen molar-refractivity contribution >= 4 is 5.97 Å². The number of fused-ring (bicyclic) bond motifs is 1. The van der Waals surface area contributed by atoms with Gasteiger partial charge in [0.2, 0.25) is 0 Å².